The minimum Gasteiger partial charge on any atom is -0.459 e. The van der Waals surface area contributed by atoms with Gasteiger partial charge in [-0.05, 0) is 24.3 Å². The first kappa shape index (κ1) is 19.0. The first-order valence-corrected chi connectivity index (χ1v) is 7.21. The largest absolute Gasteiger partial charge is 0.459 e. The van der Waals surface area contributed by atoms with Crippen LogP contribution in [0.25, 0.3) is 0 Å². The number of rotatable bonds is 6. The molecule has 0 unspecified atom stereocenters. The van der Waals surface area contributed by atoms with Gasteiger partial charge in [0.1, 0.15) is 6.54 Å². The molecule has 0 spiro atoms. The number of hydrogen-bond donors (Lipinski definition) is 2. The SMILES string of the molecule is O=C(COC(=O)CNC(=O)c1ccco1)Nc1ccccc1C(F)(F)F. The lowest BCUT2D eigenvalue weighted by Crippen LogP contribution is -2.32. The number of alkyl halides is 3. The van der Waals surface area contributed by atoms with Gasteiger partial charge in [-0.2, -0.15) is 13.2 Å². The smallest absolute Gasteiger partial charge is 0.418 e. The Bertz CT molecular complexity index is 787. The van der Waals surface area contributed by atoms with Gasteiger partial charge in [0.25, 0.3) is 11.8 Å². The molecule has 0 radical (unpaired) electrons. The van der Waals surface area contributed by atoms with E-state index in [0.717, 1.165) is 12.1 Å². The first-order valence-electron chi connectivity index (χ1n) is 7.21. The molecule has 0 saturated heterocycles. The minimum atomic E-state index is -4.64. The number of esters is 1. The molecule has 2 aromatic rings. The third-order valence-corrected chi connectivity index (χ3v) is 3.01. The molecule has 0 bridgehead atoms. The van der Waals surface area contributed by atoms with Crippen LogP contribution >= 0.6 is 0 Å². The molecule has 0 fully saturated rings. The van der Waals surface area contributed by atoms with E-state index in [-0.39, 0.29) is 5.76 Å². The van der Waals surface area contributed by atoms with Crippen molar-refractivity contribution in [3.05, 3.63) is 54.0 Å². The number of amides is 2. The minimum absolute atomic E-state index is 0.0145. The predicted molar refractivity (Wildman–Crippen MR) is 82.1 cm³/mol. The summed E-state index contributed by atoms with van der Waals surface area (Å²) in [4.78, 5) is 34.7. The van der Waals surface area contributed by atoms with E-state index in [2.05, 4.69) is 10.1 Å². The van der Waals surface area contributed by atoms with E-state index in [0.29, 0.717) is 0 Å². The molecule has 2 N–H and O–H groups in total. The Morgan fingerprint density at radius 2 is 1.81 bits per heavy atom. The van der Waals surface area contributed by atoms with Crippen molar-refractivity contribution in [1.82, 2.24) is 5.32 Å². The van der Waals surface area contributed by atoms with Crippen LogP contribution in [0.2, 0.25) is 0 Å². The van der Waals surface area contributed by atoms with Gasteiger partial charge in [-0.1, -0.05) is 12.1 Å². The molecule has 0 atom stereocenters. The monoisotopic (exact) mass is 370 g/mol. The van der Waals surface area contributed by atoms with Crippen LogP contribution in [0, 0.1) is 0 Å². The number of nitrogens with one attached hydrogen (secondary N) is 2. The number of furan rings is 1. The highest BCUT2D eigenvalue weighted by Crippen LogP contribution is 2.34. The van der Waals surface area contributed by atoms with Crippen molar-refractivity contribution >= 4 is 23.5 Å². The normalized spacial score (nSPS) is 10.9. The highest BCUT2D eigenvalue weighted by Gasteiger charge is 2.33. The Balaban J connectivity index is 1.80. The standard InChI is InChI=1S/C16H13F3N2O5/c17-16(18,19)10-4-1-2-5-11(10)21-13(22)9-26-14(23)8-20-15(24)12-6-3-7-25-12/h1-7H,8-9H2,(H,20,24)(H,21,22). The number of carbonyl (C=O) groups is 3. The fraction of sp³-hybridized carbons (Fsp3) is 0.188. The van der Waals surface area contributed by atoms with Crippen LogP contribution in [0.1, 0.15) is 16.1 Å². The second-order valence-corrected chi connectivity index (χ2v) is 4.91. The van der Waals surface area contributed by atoms with E-state index in [1.54, 1.807) is 0 Å². The van der Waals surface area contributed by atoms with E-state index < -0.39 is 48.4 Å². The quantitative estimate of drug-likeness (QED) is 0.760. The van der Waals surface area contributed by atoms with Crippen molar-refractivity contribution in [3.8, 4) is 0 Å². The molecule has 0 aliphatic heterocycles. The predicted octanol–water partition coefficient (Wildman–Crippen LogP) is 2.21. The van der Waals surface area contributed by atoms with Crippen LogP contribution in [0.4, 0.5) is 18.9 Å². The summed E-state index contributed by atoms with van der Waals surface area (Å²) in [5.74, 6) is -2.56. The summed E-state index contributed by atoms with van der Waals surface area (Å²) in [5.41, 5.74) is -1.47. The molecule has 2 rings (SSSR count). The van der Waals surface area contributed by atoms with Gasteiger partial charge in [0, 0.05) is 0 Å². The maximum absolute atomic E-state index is 12.8. The lowest BCUT2D eigenvalue weighted by molar-refractivity contribution is -0.146. The van der Waals surface area contributed by atoms with E-state index in [4.69, 9.17) is 4.42 Å². The van der Waals surface area contributed by atoms with E-state index >= 15 is 0 Å². The number of benzene rings is 1. The van der Waals surface area contributed by atoms with E-state index in [9.17, 15) is 27.6 Å². The maximum Gasteiger partial charge on any atom is 0.418 e. The molecular formula is C16H13F3N2O5. The second kappa shape index (κ2) is 8.19. The van der Waals surface area contributed by atoms with Crippen LogP contribution in [-0.2, 0) is 20.5 Å². The van der Waals surface area contributed by atoms with Gasteiger partial charge in [0.15, 0.2) is 12.4 Å². The molecule has 1 heterocycles. The van der Waals surface area contributed by atoms with Crippen LogP contribution in [0.3, 0.4) is 0 Å². The van der Waals surface area contributed by atoms with Crippen LogP contribution in [0.15, 0.2) is 47.1 Å². The number of para-hydroxylation sites is 1. The highest BCUT2D eigenvalue weighted by molar-refractivity contribution is 5.95. The van der Waals surface area contributed by atoms with E-state index in [1.807, 2.05) is 5.32 Å². The molecule has 7 nitrogen and oxygen atoms in total. The van der Waals surface area contributed by atoms with Crippen molar-refractivity contribution in [2.45, 2.75) is 6.18 Å². The van der Waals surface area contributed by atoms with Crippen LogP contribution < -0.4 is 10.6 Å². The number of carbonyl (C=O) groups excluding carboxylic acids is 3. The zero-order valence-corrected chi connectivity index (χ0v) is 13.1. The number of hydrogen-bond acceptors (Lipinski definition) is 5. The van der Waals surface area contributed by atoms with Gasteiger partial charge < -0.3 is 19.8 Å². The van der Waals surface area contributed by atoms with Gasteiger partial charge in [-0.25, -0.2) is 0 Å². The Hall–Kier alpha value is -3.30. The average Bonchev–Trinajstić information content (AvgIpc) is 3.12. The molecule has 0 aliphatic rings. The van der Waals surface area contributed by atoms with Crippen molar-refractivity contribution in [2.24, 2.45) is 0 Å². The zero-order valence-electron chi connectivity index (χ0n) is 13.1. The molecule has 0 aliphatic carbocycles. The number of halogens is 3. The fourth-order valence-electron chi connectivity index (χ4n) is 1.87. The highest BCUT2D eigenvalue weighted by atomic mass is 19.4. The van der Waals surface area contributed by atoms with Gasteiger partial charge >= 0.3 is 12.1 Å². The average molecular weight is 370 g/mol. The zero-order chi connectivity index (χ0) is 19.2. The topological polar surface area (TPSA) is 97.6 Å². The Morgan fingerprint density at radius 3 is 2.46 bits per heavy atom. The van der Waals surface area contributed by atoms with E-state index in [1.165, 1.54) is 30.5 Å². The second-order valence-electron chi connectivity index (χ2n) is 4.91. The molecule has 10 heteroatoms. The van der Waals surface area contributed by atoms with Gasteiger partial charge in [0.2, 0.25) is 0 Å². The van der Waals surface area contributed by atoms with Crippen molar-refractivity contribution in [3.63, 3.8) is 0 Å². The van der Waals surface area contributed by atoms with Crippen molar-refractivity contribution in [1.29, 1.82) is 0 Å². The molecule has 0 saturated carbocycles. The summed E-state index contributed by atoms with van der Waals surface area (Å²) in [6.07, 6.45) is -3.37. The third kappa shape index (κ3) is 5.36. The first-order chi connectivity index (χ1) is 12.3. The molecule has 26 heavy (non-hydrogen) atoms. The Morgan fingerprint density at radius 1 is 1.08 bits per heavy atom. The summed E-state index contributed by atoms with van der Waals surface area (Å²) in [6.45, 7) is -1.34. The molecule has 1 aromatic carbocycles. The Labute approximate surface area is 145 Å². The number of ether oxygens (including phenoxy) is 1. The van der Waals surface area contributed by atoms with Crippen LogP contribution in [-0.4, -0.2) is 30.9 Å². The van der Waals surface area contributed by atoms with Gasteiger partial charge in [-0.15, -0.1) is 0 Å². The fourth-order valence-corrected chi connectivity index (χ4v) is 1.87. The lowest BCUT2D eigenvalue weighted by Gasteiger charge is -2.13. The lowest BCUT2D eigenvalue weighted by atomic mass is 10.1. The molecule has 1 aromatic heterocycles. The molecular weight excluding hydrogens is 357 g/mol. The van der Waals surface area contributed by atoms with Crippen molar-refractivity contribution in [2.75, 3.05) is 18.5 Å². The third-order valence-electron chi connectivity index (χ3n) is 3.01. The summed E-state index contributed by atoms with van der Waals surface area (Å²) in [7, 11) is 0. The molecule has 138 valence electrons. The van der Waals surface area contributed by atoms with Gasteiger partial charge in [-0.3, -0.25) is 14.4 Å². The summed E-state index contributed by atoms with van der Waals surface area (Å²) in [5, 5.41) is 4.22. The summed E-state index contributed by atoms with van der Waals surface area (Å²) >= 11 is 0. The summed E-state index contributed by atoms with van der Waals surface area (Å²) in [6, 6.07) is 7.25. The maximum atomic E-state index is 12.8. The van der Waals surface area contributed by atoms with Gasteiger partial charge in [0.05, 0.1) is 17.5 Å². The Kier molecular flexibility index (Phi) is 5.99. The molecule has 2 amide bonds. The number of anilines is 1. The van der Waals surface area contributed by atoms with Crippen LogP contribution in [0.5, 0.6) is 0 Å². The van der Waals surface area contributed by atoms with Crippen molar-refractivity contribution < 1.29 is 36.7 Å². The summed E-state index contributed by atoms with van der Waals surface area (Å²) < 4.78 is 47.9.